The van der Waals surface area contributed by atoms with Crippen LogP contribution >= 0.6 is 0 Å². The van der Waals surface area contributed by atoms with Crippen molar-refractivity contribution in [2.45, 2.75) is 128 Å². The molecule has 4 aliphatic rings. The van der Waals surface area contributed by atoms with E-state index in [9.17, 15) is 28.8 Å². The zero-order valence-corrected chi connectivity index (χ0v) is 51.4. The summed E-state index contributed by atoms with van der Waals surface area (Å²) in [6, 6.07) is 35.9. The van der Waals surface area contributed by atoms with E-state index in [1.165, 1.54) is 81.0 Å². The molecule has 4 amide bonds. The highest BCUT2D eigenvalue weighted by Crippen LogP contribution is 2.50. The van der Waals surface area contributed by atoms with E-state index >= 15 is 0 Å². The average Bonchev–Trinajstić information content (AvgIpc) is 2.08. The number of ether oxygens (including phenoxy) is 5. The number of carbonyl (C=O) groups excluding carboxylic acids is 5. The van der Waals surface area contributed by atoms with Gasteiger partial charge in [0.15, 0.2) is 0 Å². The van der Waals surface area contributed by atoms with Crippen LogP contribution in [0.1, 0.15) is 156 Å². The molecule has 18 heteroatoms. The number of nitrogens with one attached hydrogen (secondary N) is 4. The Kier molecular flexibility index (Phi) is 17.6. The van der Waals surface area contributed by atoms with Crippen LogP contribution in [0.4, 0.5) is 11.4 Å². The van der Waals surface area contributed by atoms with Gasteiger partial charge in [-0.15, -0.1) is 0 Å². The number of carboxylic acid groups (broad SMARTS) is 1. The number of amides is 4. The molecule has 0 unspecified atom stereocenters. The molecule has 6 aromatic carbocycles. The Hall–Kier alpha value is -9.58. The van der Waals surface area contributed by atoms with Crippen molar-refractivity contribution in [3.63, 3.8) is 0 Å². The standard InChI is InChI=1S/C36H39N3O6.C35H37N3O6/c1-36(2,35(42)37-25-13-10-23(11-14-25)34(41)44-4)38-33(40)24-12-16-27-29(20-24)39-18-19-45-30-21-26(43-3)15-17-28(30)32(39)31(27)22-8-6-5-7-9-22;1-35(2,34(42)36-24-12-9-22(10-13-24)33(40)41)37-32(39)23-11-15-26-28(19-23)38-17-18-44-29-20-25(43-3)14-16-27(29)31(38)30(26)21-7-5-4-6-8-21/h10-17,20-22H,5-9,18-19H2,1-4H3,(H,37,42)(H,38,40);9-16,19-21H,4-8,17-18H2,1-3H3,(H,36,42)(H,37,39)(H,40,41). The van der Waals surface area contributed by atoms with E-state index in [0.29, 0.717) is 66.2 Å². The van der Waals surface area contributed by atoms with Crippen molar-refractivity contribution in [3.05, 3.63) is 155 Å². The van der Waals surface area contributed by atoms with E-state index < -0.39 is 28.9 Å². The molecule has 2 aliphatic carbocycles. The lowest BCUT2D eigenvalue weighted by atomic mass is 9.81. The third-order valence-electron chi connectivity index (χ3n) is 17.7. The van der Waals surface area contributed by atoms with Crippen LogP contribution in [0.3, 0.4) is 0 Å². The number of hydrogen-bond acceptors (Lipinski definition) is 11. The van der Waals surface area contributed by atoms with Gasteiger partial charge in [0, 0.05) is 67.6 Å². The molecule has 2 saturated carbocycles. The van der Waals surface area contributed by atoms with Crippen molar-refractivity contribution < 1.29 is 57.6 Å². The number of anilines is 2. The van der Waals surface area contributed by atoms with Crippen LogP contribution in [0.25, 0.3) is 44.3 Å². The van der Waals surface area contributed by atoms with Crippen molar-refractivity contribution in [1.82, 2.24) is 19.8 Å². The van der Waals surface area contributed by atoms with Gasteiger partial charge in [-0.25, -0.2) is 9.59 Å². The van der Waals surface area contributed by atoms with Gasteiger partial charge in [-0.2, -0.15) is 0 Å². The summed E-state index contributed by atoms with van der Waals surface area (Å²) in [5.74, 6) is 0.924. The number of hydrogen-bond donors (Lipinski definition) is 5. The molecule has 0 saturated heterocycles. The van der Waals surface area contributed by atoms with Crippen molar-refractivity contribution >= 4 is 68.7 Å². The fraction of sp³-hybridized carbons (Fsp3) is 0.352. The number of aromatic carboxylic acids is 1. The van der Waals surface area contributed by atoms with Crippen LogP contribution in [0, 0.1) is 0 Å². The minimum Gasteiger partial charge on any atom is -0.497 e. The molecule has 4 heterocycles. The van der Waals surface area contributed by atoms with E-state index in [2.05, 4.69) is 54.7 Å². The molecular weight excluding hydrogens is 1130 g/mol. The SMILES string of the molecule is COC(=O)c1ccc(NC(=O)C(C)(C)NC(=O)c2ccc3c(C4CCCCC4)c4n(c3c2)CCOc2cc(OC)ccc2-4)cc1.COc1ccc2c(c1)OCCn1c-2c(C2CCCCC2)c2ccc(C(=O)NC(C)(C)C(=O)Nc3ccc(C(=O)O)cc3)cc21. The lowest BCUT2D eigenvalue weighted by Crippen LogP contribution is -2.52. The smallest absolute Gasteiger partial charge is 0.337 e. The highest BCUT2D eigenvalue weighted by atomic mass is 16.5. The molecule has 2 aromatic heterocycles. The third kappa shape index (κ3) is 12.6. The maximum Gasteiger partial charge on any atom is 0.337 e. The summed E-state index contributed by atoms with van der Waals surface area (Å²) >= 11 is 0. The molecule has 0 radical (unpaired) electrons. The Morgan fingerprint density at radius 2 is 0.888 bits per heavy atom. The number of rotatable bonds is 14. The first-order valence-corrected chi connectivity index (χ1v) is 30.6. The number of carboxylic acids is 1. The predicted octanol–water partition coefficient (Wildman–Crippen LogP) is 13.3. The van der Waals surface area contributed by atoms with E-state index in [-0.39, 0.29) is 23.3 Å². The molecule has 462 valence electrons. The van der Waals surface area contributed by atoms with Gasteiger partial charge in [0.1, 0.15) is 47.3 Å². The largest absolute Gasteiger partial charge is 0.497 e. The fourth-order valence-electron chi connectivity index (χ4n) is 13.0. The second-order valence-corrected chi connectivity index (χ2v) is 24.4. The van der Waals surface area contributed by atoms with Crippen LogP contribution < -0.4 is 40.2 Å². The van der Waals surface area contributed by atoms with Gasteiger partial charge in [-0.3, -0.25) is 19.2 Å². The zero-order chi connectivity index (χ0) is 62.7. The first kappa shape index (κ1) is 61.1. The average molecular weight is 1210 g/mol. The normalized spacial score (nSPS) is 14.9. The molecule has 5 N–H and O–H groups in total. The number of benzene rings is 6. The van der Waals surface area contributed by atoms with E-state index in [1.807, 2.05) is 48.5 Å². The minimum atomic E-state index is -1.24. The van der Waals surface area contributed by atoms with E-state index in [1.54, 1.807) is 66.2 Å². The summed E-state index contributed by atoms with van der Waals surface area (Å²) in [6.45, 7) is 8.85. The van der Waals surface area contributed by atoms with Crippen LogP contribution in [-0.4, -0.2) is 95.4 Å². The summed E-state index contributed by atoms with van der Waals surface area (Å²) in [5, 5.41) is 22.8. The van der Waals surface area contributed by atoms with E-state index in [0.717, 1.165) is 93.0 Å². The summed E-state index contributed by atoms with van der Waals surface area (Å²) < 4.78 is 32.7. The summed E-state index contributed by atoms with van der Waals surface area (Å²) in [6.07, 6.45) is 11.8. The number of carbonyl (C=O) groups is 6. The van der Waals surface area contributed by atoms with Crippen LogP contribution in [0.5, 0.6) is 23.0 Å². The van der Waals surface area contributed by atoms with Crippen molar-refractivity contribution in [2.75, 3.05) is 45.2 Å². The quantitative estimate of drug-likeness (QED) is 0.0641. The van der Waals surface area contributed by atoms with Gasteiger partial charge in [-0.05, 0) is 173 Å². The van der Waals surface area contributed by atoms with Gasteiger partial charge < -0.3 is 59.2 Å². The van der Waals surface area contributed by atoms with Gasteiger partial charge in [0.05, 0.1) is 56.9 Å². The lowest BCUT2D eigenvalue weighted by molar-refractivity contribution is -0.121. The number of esters is 1. The van der Waals surface area contributed by atoms with Crippen molar-refractivity contribution in [3.8, 4) is 45.5 Å². The van der Waals surface area contributed by atoms with Gasteiger partial charge >= 0.3 is 11.9 Å². The lowest BCUT2D eigenvalue weighted by Gasteiger charge is -2.25. The van der Waals surface area contributed by atoms with Crippen LogP contribution in [0.15, 0.2) is 121 Å². The first-order valence-electron chi connectivity index (χ1n) is 30.6. The Bertz CT molecular complexity index is 4030. The molecular formula is C71H76N6O12. The Morgan fingerprint density at radius 1 is 0.494 bits per heavy atom. The predicted molar refractivity (Wildman–Crippen MR) is 342 cm³/mol. The molecule has 8 aromatic rings. The molecule has 2 aliphatic heterocycles. The maximum absolute atomic E-state index is 13.6. The summed E-state index contributed by atoms with van der Waals surface area (Å²) in [4.78, 5) is 76.4. The molecule has 12 rings (SSSR count). The molecule has 0 atom stereocenters. The minimum absolute atomic E-state index is 0.121. The molecule has 0 bridgehead atoms. The monoisotopic (exact) mass is 1200 g/mol. The molecule has 0 spiro atoms. The van der Waals surface area contributed by atoms with Gasteiger partial charge in [0.25, 0.3) is 11.8 Å². The number of methoxy groups -OCH3 is 3. The van der Waals surface area contributed by atoms with E-state index in [4.69, 9.17) is 28.8 Å². The zero-order valence-electron chi connectivity index (χ0n) is 51.4. The van der Waals surface area contributed by atoms with Gasteiger partial charge in [0.2, 0.25) is 11.8 Å². The topological polar surface area (TPSA) is 227 Å². The first-order chi connectivity index (χ1) is 42.9. The fourth-order valence-corrected chi connectivity index (χ4v) is 13.0. The number of nitrogens with zero attached hydrogens (tertiary/aromatic N) is 2. The molecule has 2 fully saturated rings. The second kappa shape index (κ2) is 25.6. The maximum atomic E-state index is 13.6. The number of aromatic nitrogens is 2. The number of fused-ring (bicyclic) bond motifs is 10. The third-order valence-corrected chi connectivity index (χ3v) is 17.7. The summed E-state index contributed by atoms with van der Waals surface area (Å²) in [7, 11) is 4.62. The van der Waals surface area contributed by atoms with Gasteiger partial charge in [-0.1, -0.05) is 50.7 Å². The molecule has 89 heavy (non-hydrogen) atoms. The van der Waals surface area contributed by atoms with Crippen molar-refractivity contribution in [1.29, 1.82) is 0 Å². The van der Waals surface area contributed by atoms with Crippen molar-refractivity contribution in [2.24, 2.45) is 0 Å². The highest BCUT2D eigenvalue weighted by Gasteiger charge is 2.35. The second-order valence-electron chi connectivity index (χ2n) is 24.4. The Morgan fingerprint density at radius 3 is 1.27 bits per heavy atom. The highest BCUT2D eigenvalue weighted by molar-refractivity contribution is 6.07. The molecule has 18 nitrogen and oxygen atoms in total. The Balaban J connectivity index is 0.000000184. The van der Waals surface area contributed by atoms with Crippen LogP contribution in [-0.2, 0) is 27.4 Å². The summed E-state index contributed by atoms with van der Waals surface area (Å²) in [5.41, 5.74) is 8.88. The Labute approximate surface area is 517 Å². The van der Waals surface area contributed by atoms with Crippen LogP contribution in [0.2, 0.25) is 0 Å².